The highest BCUT2D eigenvalue weighted by molar-refractivity contribution is 6.00. The average Bonchev–Trinajstić information content (AvgIpc) is 3.15. The van der Waals surface area contributed by atoms with Gasteiger partial charge in [-0.2, -0.15) is 0 Å². The molecule has 0 aromatic carbocycles. The summed E-state index contributed by atoms with van der Waals surface area (Å²) in [5.74, 6) is -2.10. The van der Waals surface area contributed by atoms with Crippen molar-refractivity contribution in [3.63, 3.8) is 0 Å². The van der Waals surface area contributed by atoms with Gasteiger partial charge in [-0.05, 0) is 25.7 Å². The molecule has 2 fully saturated rings. The van der Waals surface area contributed by atoms with Crippen LogP contribution in [0.1, 0.15) is 66.7 Å². The number of hydrogen-bond donors (Lipinski definition) is 1. The Morgan fingerprint density at radius 3 is 2.24 bits per heavy atom. The first-order valence-electron chi connectivity index (χ1n) is 14.3. The SMILES string of the molecule is CCCCCN1CC=C[C@]23O[C@]4(C)C=CCN(CCC)C(=O)[C@@H]4[C@H]2C(=O)N([C@@H](CO)[C@@H](C)CC)C3C1=O. The molecule has 1 spiro atoms. The van der Waals surface area contributed by atoms with Crippen LogP contribution in [0.4, 0.5) is 0 Å². The number of aliphatic hydroxyl groups is 1. The largest absolute Gasteiger partial charge is 0.394 e. The Hall–Kier alpha value is -2.19. The molecule has 0 aliphatic carbocycles. The summed E-state index contributed by atoms with van der Waals surface area (Å²) in [7, 11) is 0. The van der Waals surface area contributed by atoms with Crippen LogP contribution < -0.4 is 0 Å². The molecule has 8 nitrogen and oxygen atoms in total. The Morgan fingerprint density at radius 1 is 0.946 bits per heavy atom. The van der Waals surface area contributed by atoms with Crippen LogP contribution in [-0.4, -0.2) is 93.6 Å². The molecule has 7 atom stereocenters. The maximum atomic E-state index is 14.4. The van der Waals surface area contributed by atoms with E-state index in [9.17, 15) is 19.5 Å². The lowest BCUT2D eigenvalue weighted by Crippen LogP contribution is -2.59. The third-order valence-corrected chi connectivity index (χ3v) is 9.03. The third-order valence-electron chi connectivity index (χ3n) is 9.03. The lowest BCUT2D eigenvalue weighted by molar-refractivity contribution is -0.157. The van der Waals surface area contributed by atoms with Crippen molar-refractivity contribution in [2.24, 2.45) is 17.8 Å². The zero-order valence-electron chi connectivity index (χ0n) is 23.2. The molecule has 206 valence electrons. The third kappa shape index (κ3) is 4.44. The van der Waals surface area contributed by atoms with Gasteiger partial charge in [0, 0.05) is 26.2 Å². The quantitative estimate of drug-likeness (QED) is 0.357. The number of ether oxygens (including phenoxy) is 1. The number of hydrogen-bond acceptors (Lipinski definition) is 5. The fourth-order valence-corrected chi connectivity index (χ4v) is 6.95. The van der Waals surface area contributed by atoms with Gasteiger partial charge in [0.1, 0.15) is 11.6 Å². The van der Waals surface area contributed by atoms with E-state index in [1.54, 1.807) is 9.80 Å². The minimum atomic E-state index is -1.26. The maximum absolute atomic E-state index is 14.4. The summed E-state index contributed by atoms with van der Waals surface area (Å²) in [4.78, 5) is 48.0. The molecule has 0 bridgehead atoms. The minimum absolute atomic E-state index is 0.0221. The van der Waals surface area contributed by atoms with Crippen LogP contribution in [0.3, 0.4) is 0 Å². The second kappa shape index (κ2) is 10.9. The highest BCUT2D eigenvalue weighted by atomic mass is 16.5. The lowest BCUT2D eigenvalue weighted by Gasteiger charge is -2.41. The van der Waals surface area contributed by atoms with E-state index in [4.69, 9.17) is 4.74 Å². The second-order valence-corrected chi connectivity index (χ2v) is 11.5. The first kappa shape index (κ1) is 27.8. The molecule has 0 aromatic heterocycles. The van der Waals surface area contributed by atoms with E-state index in [0.717, 1.165) is 32.1 Å². The number of carbonyl (C=O) groups excluding carboxylic acids is 3. The molecule has 1 N–H and O–H groups in total. The Kier molecular flexibility index (Phi) is 8.19. The lowest BCUT2D eigenvalue weighted by atomic mass is 9.74. The Morgan fingerprint density at radius 2 is 1.62 bits per heavy atom. The number of aliphatic hydroxyl groups excluding tert-OH is 1. The van der Waals surface area contributed by atoms with Crippen LogP contribution in [-0.2, 0) is 19.1 Å². The summed E-state index contributed by atoms with van der Waals surface area (Å²) in [5.41, 5.74) is -2.26. The van der Waals surface area contributed by atoms with E-state index in [0.29, 0.717) is 26.2 Å². The van der Waals surface area contributed by atoms with Crippen LogP contribution >= 0.6 is 0 Å². The van der Waals surface area contributed by atoms with Gasteiger partial charge in [-0.1, -0.05) is 71.3 Å². The predicted molar refractivity (Wildman–Crippen MR) is 141 cm³/mol. The molecule has 4 aliphatic heterocycles. The van der Waals surface area contributed by atoms with Gasteiger partial charge in [-0.15, -0.1) is 0 Å². The predicted octanol–water partition coefficient (Wildman–Crippen LogP) is 2.76. The Labute approximate surface area is 221 Å². The van der Waals surface area contributed by atoms with Crippen molar-refractivity contribution in [1.29, 1.82) is 0 Å². The highest BCUT2D eigenvalue weighted by Gasteiger charge is 2.75. The molecule has 2 saturated heterocycles. The molecule has 4 heterocycles. The minimum Gasteiger partial charge on any atom is -0.394 e. The van der Waals surface area contributed by atoms with Gasteiger partial charge < -0.3 is 24.5 Å². The number of rotatable bonds is 10. The van der Waals surface area contributed by atoms with E-state index in [1.807, 2.05) is 56.9 Å². The monoisotopic (exact) mass is 515 g/mol. The number of unbranched alkanes of at least 4 members (excludes halogenated alkanes) is 2. The first-order chi connectivity index (χ1) is 17.7. The normalized spacial score (nSPS) is 34.8. The summed E-state index contributed by atoms with van der Waals surface area (Å²) >= 11 is 0. The van der Waals surface area contributed by atoms with Gasteiger partial charge in [-0.3, -0.25) is 14.4 Å². The van der Waals surface area contributed by atoms with E-state index < -0.39 is 35.1 Å². The van der Waals surface area contributed by atoms with Crippen molar-refractivity contribution in [3.05, 3.63) is 24.3 Å². The fraction of sp³-hybridized carbons (Fsp3) is 0.759. The second-order valence-electron chi connectivity index (χ2n) is 11.5. The topological polar surface area (TPSA) is 90.4 Å². The molecule has 0 saturated carbocycles. The van der Waals surface area contributed by atoms with Crippen molar-refractivity contribution in [3.8, 4) is 0 Å². The van der Waals surface area contributed by atoms with E-state index in [2.05, 4.69) is 6.92 Å². The number of fused-ring (bicyclic) bond motifs is 2. The molecule has 8 heteroatoms. The summed E-state index contributed by atoms with van der Waals surface area (Å²) in [6.45, 7) is 11.9. The van der Waals surface area contributed by atoms with Gasteiger partial charge in [-0.25, -0.2) is 0 Å². The molecule has 0 aromatic rings. The van der Waals surface area contributed by atoms with Crippen molar-refractivity contribution in [2.45, 2.75) is 90.0 Å². The highest BCUT2D eigenvalue weighted by Crippen LogP contribution is 2.58. The van der Waals surface area contributed by atoms with Crippen LogP contribution in [0, 0.1) is 17.8 Å². The zero-order valence-corrected chi connectivity index (χ0v) is 23.2. The Bertz CT molecular complexity index is 950. The van der Waals surface area contributed by atoms with Crippen LogP contribution in [0.25, 0.3) is 0 Å². The van der Waals surface area contributed by atoms with E-state index in [1.165, 1.54) is 0 Å². The van der Waals surface area contributed by atoms with Crippen LogP contribution in [0.5, 0.6) is 0 Å². The summed E-state index contributed by atoms with van der Waals surface area (Å²) in [5, 5.41) is 10.5. The van der Waals surface area contributed by atoms with Crippen molar-refractivity contribution >= 4 is 17.7 Å². The number of nitrogens with zero attached hydrogens (tertiary/aromatic N) is 3. The Balaban J connectivity index is 1.85. The molecule has 4 aliphatic rings. The molecule has 4 rings (SSSR count). The molecule has 37 heavy (non-hydrogen) atoms. The van der Waals surface area contributed by atoms with E-state index >= 15 is 0 Å². The fourth-order valence-electron chi connectivity index (χ4n) is 6.95. The average molecular weight is 516 g/mol. The molecular weight excluding hydrogens is 470 g/mol. The molecule has 3 amide bonds. The first-order valence-corrected chi connectivity index (χ1v) is 14.3. The number of likely N-dealkylation sites (tertiary alicyclic amines) is 1. The van der Waals surface area contributed by atoms with Gasteiger partial charge in [0.2, 0.25) is 17.7 Å². The van der Waals surface area contributed by atoms with Gasteiger partial charge in [0.15, 0.2) is 0 Å². The molecule has 0 radical (unpaired) electrons. The van der Waals surface area contributed by atoms with Crippen molar-refractivity contribution in [1.82, 2.24) is 14.7 Å². The summed E-state index contributed by atoms with van der Waals surface area (Å²) < 4.78 is 6.87. The van der Waals surface area contributed by atoms with Crippen molar-refractivity contribution < 1.29 is 24.2 Å². The van der Waals surface area contributed by atoms with Gasteiger partial charge in [0.25, 0.3) is 0 Å². The summed E-state index contributed by atoms with van der Waals surface area (Å²) in [6, 6.07) is -1.45. The van der Waals surface area contributed by atoms with Crippen LogP contribution in [0.2, 0.25) is 0 Å². The smallest absolute Gasteiger partial charge is 0.249 e. The van der Waals surface area contributed by atoms with Gasteiger partial charge in [0.05, 0.1) is 30.1 Å². The standard InChI is InChI=1S/C29H45N3O5/c1-6-9-10-16-31-18-12-14-29-23(22-25(34)30(15-7-2)17-11-13-28(22,5)37-29)26(35)32(24(29)27(31)36)21(19-33)20(4)8-3/h11-14,20-24,33H,6-10,15-19H2,1-5H3/t20-,21-,22-,23-,24?,28+,29-/m0/s1. The summed E-state index contributed by atoms with van der Waals surface area (Å²) in [6.07, 6.45) is 12.2. The van der Waals surface area contributed by atoms with Crippen LogP contribution in [0.15, 0.2) is 24.3 Å². The van der Waals surface area contributed by atoms with E-state index in [-0.39, 0.29) is 30.2 Å². The molecule has 1 unspecified atom stereocenters. The van der Waals surface area contributed by atoms with Crippen molar-refractivity contribution in [2.75, 3.05) is 32.8 Å². The van der Waals surface area contributed by atoms with Gasteiger partial charge >= 0.3 is 0 Å². The maximum Gasteiger partial charge on any atom is 0.249 e. The number of amides is 3. The number of carbonyl (C=O) groups is 3. The molecular formula is C29H45N3O5. The zero-order chi connectivity index (χ0) is 27.0.